The van der Waals surface area contributed by atoms with Crippen LogP contribution in [0.4, 0.5) is 4.39 Å². The molecule has 0 saturated carbocycles. The van der Waals surface area contributed by atoms with Crippen molar-refractivity contribution in [3.05, 3.63) is 71.8 Å². The zero-order valence-electron chi connectivity index (χ0n) is 13.4. The molecular weight excluding hydrogens is 305 g/mol. The number of carbonyl (C=O) groups is 1. The molecule has 1 aromatic carbocycles. The van der Waals surface area contributed by atoms with Crippen LogP contribution in [0.5, 0.6) is 0 Å². The minimum absolute atomic E-state index is 0.0497. The van der Waals surface area contributed by atoms with Gasteiger partial charge in [-0.1, -0.05) is 25.1 Å². The van der Waals surface area contributed by atoms with Crippen molar-refractivity contribution in [1.82, 2.24) is 14.8 Å². The predicted molar refractivity (Wildman–Crippen MR) is 90.2 cm³/mol. The fourth-order valence-corrected chi connectivity index (χ4v) is 2.53. The highest BCUT2D eigenvalue weighted by Crippen LogP contribution is 2.18. The van der Waals surface area contributed by atoms with Gasteiger partial charge >= 0.3 is 0 Å². The van der Waals surface area contributed by atoms with Crippen LogP contribution in [0.1, 0.15) is 29.4 Å². The highest BCUT2D eigenvalue weighted by molar-refractivity contribution is 5.79. The van der Waals surface area contributed by atoms with Gasteiger partial charge < -0.3 is 0 Å². The van der Waals surface area contributed by atoms with E-state index >= 15 is 0 Å². The lowest BCUT2D eigenvalue weighted by Gasteiger charge is -2.05. The molecule has 0 fully saturated rings. The van der Waals surface area contributed by atoms with E-state index in [0.717, 1.165) is 17.0 Å². The number of nitrogens with zero attached hydrogens (tertiary/aromatic N) is 3. The van der Waals surface area contributed by atoms with Gasteiger partial charge in [0.05, 0.1) is 5.69 Å². The monoisotopic (exact) mass is 323 g/mol. The fraction of sp³-hybridized carbons (Fsp3) is 0.211. The minimum Gasteiger partial charge on any atom is -0.273 e. The number of benzene rings is 1. The summed E-state index contributed by atoms with van der Waals surface area (Å²) in [7, 11) is 0. The summed E-state index contributed by atoms with van der Waals surface area (Å²) in [4.78, 5) is 16.5. The van der Waals surface area contributed by atoms with E-state index in [2.05, 4.69) is 10.1 Å². The fourth-order valence-electron chi connectivity index (χ4n) is 2.53. The first kappa shape index (κ1) is 16.1. The quantitative estimate of drug-likeness (QED) is 0.715. The van der Waals surface area contributed by atoms with Gasteiger partial charge in [0.15, 0.2) is 0 Å². The van der Waals surface area contributed by atoms with Crippen LogP contribution < -0.4 is 0 Å². The van der Waals surface area contributed by atoms with Crippen molar-refractivity contribution < 1.29 is 9.18 Å². The molecule has 0 bridgehead atoms. The van der Waals surface area contributed by atoms with E-state index in [1.165, 1.54) is 16.8 Å². The van der Waals surface area contributed by atoms with E-state index in [0.29, 0.717) is 25.0 Å². The Morgan fingerprint density at radius 1 is 1.08 bits per heavy atom. The second-order valence-electron chi connectivity index (χ2n) is 5.52. The van der Waals surface area contributed by atoms with E-state index < -0.39 is 0 Å². The summed E-state index contributed by atoms with van der Waals surface area (Å²) in [6.45, 7) is 1.81. The lowest BCUT2D eigenvalue weighted by molar-refractivity contribution is 0.0889. The van der Waals surface area contributed by atoms with Crippen LogP contribution >= 0.6 is 0 Å². The average molecular weight is 323 g/mol. The van der Waals surface area contributed by atoms with Crippen LogP contribution in [0.3, 0.4) is 0 Å². The van der Waals surface area contributed by atoms with Gasteiger partial charge in [-0.05, 0) is 48.7 Å². The van der Waals surface area contributed by atoms with Gasteiger partial charge in [-0.2, -0.15) is 5.10 Å². The van der Waals surface area contributed by atoms with Crippen LogP contribution in [-0.2, 0) is 12.8 Å². The lowest BCUT2D eigenvalue weighted by atomic mass is 10.1. The van der Waals surface area contributed by atoms with Gasteiger partial charge in [-0.3, -0.25) is 9.78 Å². The maximum Gasteiger partial charge on any atom is 0.246 e. The van der Waals surface area contributed by atoms with Crippen molar-refractivity contribution >= 4 is 5.91 Å². The first-order valence-corrected chi connectivity index (χ1v) is 7.95. The first-order chi connectivity index (χ1) is 11.7. The number of carbonyl (C=O) groups excluding carboxylic acids is 1. The number of aromatic nitrogens is 3. The molecule has 3 rings (SSSR count). The number of hydrogen-bond donors (Lipinski definition) is 0. The Morgan fingerprint density at radius 2 is 1.88 bits per heavy atom. The Balaban J connectivity index is 1.86. The van der Waals surface area contributed by atoms with Crippen molar-refractivity contribution in [2.24, 2.45) is 0 Å². The summed E-state index contributed by atoms with van der Waals surface area (Å²) in [5, 5.41) is 4.42. The van der Waals surface area contributed by atoms with Crippen LogP contribution in [0.25, 0.3) is 11.4 Å². The number of hydrogen-bond acceptors (Lipinski definition) is 3. The van der Waals surface area contributed by atoms with E-state index in [9.17, 15) is 9.18 Å². The summed E-state index contributed by atoms with van der Waals surface area (Å²) in [6.07, 6.45) is 3.45. The summed E-state index contributed by atoms with van der Waals surface area (Å²) in [5.41, 5.74) is 3.29. The van der Waals surface area contributed by atoms with Crippen LogP contribution in [-0.4, -0.2) is 20.7 Å². The van der Waals surface area contributed by atoms with Crippen molar-refractivity contribution in [3.63, 3.8) is 0 Å². The highest BCUT2D eigenvalue weighted by atomic mass is 19.1. The van der Waals surface area contributed by atoms with Crippen LogP contribution in [0.2, 0.25) is 0 Å². The Bertz CT molecular complexity index is 826. The van der Waals surface area contributed by atoms with E-state index in [1.54, 1.807) is 18.3 Å². The molecule has 24 heavy (non-hydrogen) atoms. The van der Waals surface area contributed by atoms with Crippen molar-refractivity contribution in [1.29, 1.82) is 0 Å². The van der Waals surface area contributed by atoms with Gasteiger partial charge in [0.1, 0.15) is 11.5 Å². The largest absolute Gasteiger partial charge is 0.273 e. The molecule has 5 heteroatoms. The van der Waals surface area contributed by atoms with Crippen molar-refractivity contribution in [3.8, 4) is 11.4 Å². The molecular formula is C19H18FN3O. The zero-order valence-corrected chi connectivity index (χ0v) is 13.4. The molecule has 122 valence electrons. The molecule has 4 nitrogen and oxygen atoms in total. The van der Waals surface area contributed by atoms with Gasteiger partial charge in [-0.25, -0.2) is 9.07 Å². The number of rotatable bonds is 5. The normalized spacial score (nSPS) is 10.8. The van der Waals surface area contributed by atoms with Crippen molar-refractivity contribution in [2.75, 3.05) is 0 Å². The molecule has 0 radical (unpaired) electrons. The third-order valence-corrected chi connectivity index (χ3v) is 3.83. The molecule has 0 aliphatic rings. The SMILES string of the molecule is CCC(=O)n1nc(-c2ccccn2)cc1CCc1ccc(F)cc1. The molecule has 0 saturated heterocycles. The maximum absolute atomic E-state index is 13.0. The van der Waals surface area contributed by atoms with Gasteiger partial charge in [0.2, 0.25) is 5.91 Å². The highest BCUT2D eigenvalue weighted by Gasteiger charge is 2.14. The topological polar surface area (TPSA) is 47.8 Å². The van der Waals surface area contributed by atoms with Crippen LogP contribution in [0.15, 0.2) is 54.7 Å². The maximum atomic E-state index is 13.0. The molecule has 3 aromatic rings. The third kappa shape index (κ3) is 3.56. The molecule has 0 aliphatic carbocycles. The standard InChI is InChI=1S/C19H18FN3O/c1-2-19(24)23-16(11-8-14-6-9-15(20)10-7-14)13-18(22-23)17-5-3-4-12-21-17/h3-7,9-10,12-13H,2,8,11H2,1H3. The summed E-state index contributed by atoms with van der Waals surface area (Å²) in [5.74, 6) is -0.298. The molecule has 2 heterocycles. The Hall–Kier alpha value is -2.82. The molecule has 0 N–H and O–H groups in total. The van der Waals surface area contributed by atoms with Crippen LogP contribution in [0, 0.1) is 5.82 Å². The second kappa shape index (κ2) is 7.17. The second-order valence-corrected chi connectivity index (χ2v) is 5.52. The van der Waals surface area contributed by atoms with Gasteiger partial charge in [0.25, 0.3) is 0 Å². The van der Waals surface area contributed by atoms with E-state index in [-0.39, 0.29) is 11.7 Å². The van der Waals surface area contributed by atoms with E-state index in [4.69, 9.17) is 0 Å². The summed E-state index contributed by atoms with van der Waals surface area (Å²) < 4.78 is 14.5. The van der Waals surface area contributed by atoms with Crippen molar-refractivity contribution in [2.45, 2.75) is 26.2 Å². The summed E-state index contributed by atoms with van der Waals surface area (Å²) >= 11 is 0. The Morgan fingerprint density at radius 3 is 2.54 bits per heavy atom. The first-order valence-electron chi connectivity index (χ1n) is 7.95. The number of halogens is 1. The molecule has 0 spiro atoms. The third-order valence-electron chi connectivity index (χ3n) is 3.83. The lowest BCUT2D eigenvalue weighted by Crippen LogP contribution is -2.14. The van der Waals surface area contributed by atoms with Gasteiger partial charge in [-0.15, -0.1) is 0 Å². The number of pyridine rings is 1. The zero-order chi connectivity index (χ0) is 16.9. The molecule has 0 atom stereocenters. The Kier molecular flexibility index (Phi) is 4.79. The number of aryl methyl sites for hydroxylation is 2. The molecule has 2 aromatic heterocycles. The molecule has 0 aliphatic heterocycles. The smallest absolute Gasteiger partial charge is 0.246 e. The molecule has 0 unspecified atom stereocenters. The molecule has 0 amide bonds. The predicted octanol–water partition coefficient (Wildman–Crippen LogP) is 3.92. The van der Waals surface area contributed by atoms with Gasteiger partial charge in [0, 0.05) is 18.3 Å². The average Bonchev–Trinajstić information content (AvgIpc) is 3.05. The van der Waals surface area contributed by atoms with E-state index in [1.807, 2.05) is 31.2 Å². The summed E-state index contributed by atoms with van der Waals surface area (Å²) in [6, 6.07) is 13.9. The Labute approximate surface area is 140 Å². The minimum atomic E-state index is -0.248.